The Kier molecular flexibility index (Phi) is 14.3. The third-order valence-electron chi connectivity index (χ3n) is 3.76. The smallest absolute Gasteiger partial charge is 0.00103 e. The molecule has 0 bridgehead atoms. The second-order valence-corrected chi connectivity index (χ2v) is 6.83. The number of hydrogen-bond donors (Lipinski definition) is 1. The molecule has 0 aliphatic rings. The lowest BCUT2D eigenvalue weighted by atomic mass is 10.0. The summed E-state index contributed by atoms with van der Waals surface area (Å²) in [4.78, 5) is 0. The molecule has 1 nitrogen and oxygen atoms in total. The summed E-state index contributed by atoms with van der Waals surface area (Å²) in [6.45, 7) is 10.3. The fourth-order valence-electron chi connectivity index (χ4n) is 2.48. The second kappa shape index (κ2) is 14.4. The van der Waals surface area contributed by atoms with Crippen molar-refractivity contribution in [3.63, 3.8) is 0 Å². The summed E-state index contributed by atoms with van der Waals surface area (Å²) in [5, 5.41) is 3.48. The minimum Gasteiger partial charge on any atom is -0.315 e. The summed E-state index contributed by atoms with van der Waals surface area (Å²) in [6, 6.07) is 0.649. The van der Waals surface area contributed by atoms with Crippen LogP contribution in [0.1, 0.15) is 98.3 Å². The molecule has 0 aromatic rings. The topological polar surface area (TPSA) is 12.0 Å². The Labute approximate surface area is 122 Å². The van der Waals surface area contributed by atoms with Crippen LogP contribution in [-0.2, 0) is 0 Å². The van der Waals surface area contributed by atoms with Gasteiger partial charge in [-0.2, -0.15) is 0 Å². The molecule has 0 fully saturated rings. The first kappa shape index (κ1) is 19.0. The van der Waals surface area contributed by atoms with Gasteiger partial charge < -0.3 is 5.32 Å². The van der Waals surface area contributed by atoms with Crippen molar-refractivity contribution in [2.45, 2.75) is 104 Å². The van der Waals surface area contributed by atoms with Gasteiger partial charge in [0.15, 0.2) is 0 Å². The minimum absolute atomic E-state index is 0.649. The maximum absolute atomic E-state index is 3.48. The first-order chi connectivity index (χ1) is 9.13. The van der Waals surface area contributed by atoms with Gasteiger partial charge in [-0.3, -0.25) is 0 Å². The van der Waals surface area contributed by atoms with E-state index < -0.39 is 0 Å². The van der Waals surface area contributed by atoms with E-state index in [0.717, 1.165) is 5.92 Å². The SMILES string of the molecule is CC(C)CCCCCCCCCCCCNC(C)C. The molecule has 1 heteroatoms. The average molecular weight is 270 g/mol. The van der Waals surface area contributed by atoms with Gasteiger partial charge in [-0.05, 0) is 18.9 Å². The summed E-state index contributed by atoms with van der Waals surface area (Å²) in [7, 11) is 0. The lowest BCUT2D eigenvalue weighted by Crippen LogP contribution is -2.23. The highest BCUT2D eigenvalue weighted by atomic mass is 14.9. The predicted octanol–water partition coefficient (Wildman–Crippen LogP) is 5.93. The quantitative estimate of drug-likeness (QED) is 0.385. The lowest BCUT2D eigenvalue weighted by molar-refractivity contribution is 0.500. The molecule has 0 spiro atoms. The van der Waals surface area contributed by atoms with E-state index in [1.54, 1.807) is 0 Å². The van der Waals surface area contributed by atoms with E-state index in [0.29, 0.717) is 6.04 Å². The Hall–Kier alpha value is -0.0400. The minimum atomic E-state index is 0.649. The van der Waals surface area contributed by atoms with Gasteiger partial charge in [0.25, 0.3) is 0 Å². The van der Waals surface area contributed by atoms with Crippen LogP contribution < -0.4 is 5.32 Å². The second-order valence-electron chi connectivity index (χ2n) is 6.83. The number of hydrogen-bond acceptors (Lipinski definition) is 1. The summed E-state index contributed by atoms with van der Waals surface area (Å²) in [5.41, 5.74) is 0. The summed E-state index contributed by atoms with van der Waals surface area (Å²) < 4.78 is 0. The van der Waals surface area contributed by atoms with Crippen LogP contribution in [0.5, 0.6) is 0 Å². The summed E-state index contributed by atoms with van der Waals surface area (Å²) in [5.74, 6) is 0.894. The van der Waals surface area contributed by atoms with Crippen LogP contribution in [0.2, 0.25) is 0 Å². The highest BCUT2D eigenvalue weighted by Crippen LogP contribution is 2.13. The van der Waals surface area contributed by atoms with Crippen LogP contribution in [0, 0.1) is 5.92 Å². The van der Waals surface area contributed by atoms with Crippen LogP contribution in [0.3, 0.4) is 0 Å². The van der Waals surface area contributed by atoms with Gasteiger partial charge in [0.05, 0.1) is 0 Å². The van der Waals surface area contributed by atoms with Gasteiger partial charge in [0, 0.05) is 6.04 Å². The molecule has 0 aliphatic heterocycles. The van der Waals surface area contributed by atoms with Crippen molar-refractivity contribution in [2.24, 2.45) is 5.92 Å². The first-order valence-electron chi connectivity index (χ1n) is 8.86. The van der Waals surface area contributed by atoms with Gasteiger partial charge >= 0.3 is 0 Å². The maximum Gasteiger partial charge on any atom is 0.00103 e. The van der Waals surface area contributed by atoms with Crippen LogP contribution in [-0.4, -0.2) is 12.6 Å². The van der Waals surface area contributed by atoms with E-state index in [-0.39, 0.29) is 0 Å². The molecule has 0 heterocycles. The molecule has 0 unspecified atom stereocenters. The number of unbranched alkanes of at least 4 members (excludes halogenated alkanes) is 9. The zero-order valence-corrected chi connectivity index (χ0v) is 14.1. The van der Waals surface area contributed by atoms with E-state index in [1.165, 1.54) is 77.2 Å². The molecular weight excluding hydrogens is 230 g/mol. The van der Waals surface area contributed by atoms with E-state index in [1.807, 2.05) is 0 Å². The molecule has 0 saturated heterocycles. The molecular formula is C18H39N. The van der Waals surface area contributed by atoms with Gasteiger partial charge in [0.2, 0.25) is 0 Å². The molecule has 0 aromatic heterocycles. The molecule has 0 rings (SSSR count). The molecule has 116 valence electrons. The lowest BCUT2D eigenvalue weighted by Gasteiger charge is -2.07. The van der Waals surface area contributed by atoms with E-state index in [4.69, 9.17) is 0 Å². The number of nitrogens with one attached hydrogen (secondary N) is 1. The van der Waals surface area contributed by atoms with Crippen LogP contribution in [0.25, 0.3) is 0 Å². The van der Waals surface area contributed by atoms with Gasteiger partial charge in [-0.25, -0.2) is 0 Å². The van der Waals surface area contributed by atoms with Crippen molar-refractivity contribution in [2.75, 3.05) is 6.54 Å². The Balaban J connectivity index is 2.95. The van der Waals surface area contributed by atoms with Gasteiger partial charge in [-0.1, -0.05) is 91.9 Å². The van der Waals surface area contributed by atoms with Crippen molar-refractivity contribution in [3.8, 4) is 0 Å². The fraction of sp³-hybridized carbons (Fsp3) is 1.00. The normalized spacial score (nSPS) is 11.7. The molecule has 0 amide bonds. The van der Waals surface area contributed by atoms with Crippen molar-refractivity contribution >= 4 is 0 Å². The Morgan fingerprint density at radius 2 is 1.00 bits per heavy atom. The van der Waals surface area contributed by atoms with Crippen molar-refractivity contribution < 1.29 is 0 Å². The van der Waals surface area contributed by atoms with E-state index in [9.17, 15) is 0 Å². The van der Waals surface area contributed by atoms with Crippen molar-refractivity contribution in [3.05, 3.63) is 0 Å². The Morgan fingerprint density at radius 3 is 1.42 bits per heavy atom. The van der Waals surface area contributed by atoms with Gasteiger partial charge in [-0.15, -0.1) is 0 Å². The van der Waals surface area contributed by atoms with Crippen molar-refractivity contribution in [1.82, 2.24) is 5.32 Å². The first-order valence-corrected chi connectivity index (χ1v) is 8.86. The summed E-state index contributed by atoms with van der Waals surface area (Å²) >= 11 is 0. The highest BCUT2D eigenvalue weighted by molar-refractivity contribution is 4.54. The zero-order chi connectivity index (χ0) is 14.3. The fourth-order valence-corrected chi connectivity index (χ4v) is 2.48. The molecule has 19 heavy (non-hydrogen) atoms. The molecule has 0 saturated carbocycles. The third-order valence-corrected chi connectivity index (χ3v) is 3.76. The molecule has 1 N–H and O–H groups in total. The van der Waals surface area contributed by atoms with Crippen LogP contribution >= 0.6 is 0 Å². The number of rotatable bonds is 14. The average Bonchev–Trinajstić information content (AvgIpc) is 2.34. The highest BCUT2D eigenvalue weighted by Gasteiger charge is 1.96. The Morgan fingerprint density at radius 1 is 0.579 bits per heavy atom. The standard InChI is InChI=1S/C18H39N/c1-17(2)15-13-11-9-7-5-6-8-10-12-14-16-19-18(3)4/h17-19H,5-16H2,1-4H3. The maximum atomic E-state index is 3.48. The van der Waals surface area contributed by atoms with Crippen molar-refractivity contribution in [1.29, 1.82) is 0 Å². The van der Waals surface area contributed by atoms with E-state index in [2.05, 4.69) is 33.0 Å². The molecule has 0 aromatic carbocycles. The molecule has 0 radical (unpaired) electrons. The monoisotopic (exact) mass is 269 g/mol. The zero-order valence-electron chi connectivity index (χ0n) is 14.1. The molecule has 0 atom stereocenters. The van der Waals surface area contributed by atoms with E-state index >= 15 is 0 Å². The van der Waals surface area contributed by atoms with Crippen LogP contribution in [0.4, 0.5) is 0 Å². The largest absolute Gasteiger partial charge is 0.315 e. The van der Waals surface area contributed by atoms with Gasteiger partial charge in [0.1, 0.15) is 0 Å². The predicted molar refractivity (Wildman–Crippen MR) is 88.8 cm³/mol. The summed E-state index contributed by atoms with van der Waals surface area (Å²) in [6.07, 6.45) is 15.8. The van der Waals surface area contributed by atoms with Crippen LogP contribution in [0.15, 0.2) is 0 Å². The Bertz CT molecular complexity index is 145. The molecule has 0 aliphatic carbocycles. The third kappa shape index (κ3) is 18.0.